The highest BCUT2D eigenvalue weighted by atomic mass is 32.2. The molecular weight excluding hydrogens is 480 g/mol. The Labute approximate surface area is 197 Å². The van der Waals surface area contributed by atoms with E-state index in [1.54, 1.807) is 6.26 Å². The van der Waals surface area contributed by atoms with Gasteiger partial charge in [0.2, 0.25) is 17.7 Å². The van der Waals surface area contributed by atoms with Crippen molar-refractivity contribution in [2.45, 2.75) is 56.3 Å². The molecule has 0 aromatic heterocycles. The molecule has 4 atom stereocenters. The van der Waals surface area contributed by atoms with Crippen LogP contribution in [0.5, 0.6) is 0 Å². The van der Waals surface area contributed by atoms with E-state index in [0.29, 0.717) is 5.75 Å². The minimum atomic E-state index is -1.88. The molecule has 16 heteroatoms. The molecule has 0 saturated heterocycles. The van der Waals surface area contributed by atoms with E-state index in [1.165, 1.54) is 11.8 Å². The minimum Gasteiger partial charge on any atom is -0.481 e. The summed E-state index contributed by atoms with van der Waals surface area (Å²) in [6.45, 7) is 0. The van der Waals surface area contributed by atoms with Crippen molar-refractivity contribution in [3.63, 3.8) is 0 Å². The van der Waals surface area contributed by atoms with Gasteiger partial charge < -0.3 is 42.1 Å². The van der Waals surface area contributed by atoms with Crippen molar-refractivity contribution < 1.29 is 54.0 Å². The first-order valence-electron chi connectivity index (χ1n) is 9.82. The molecule has 0 bridgehead atoms. The summed E-state index contributed by atoms with van der Waals surface area (Å²) < 4.78 is 0. The van der Waals surface area contributed by atoms with Crippen LogP contribution in [0.3, 0.4) is 0 Å². The SMILES string of the molecule is CSCCC(N)C(=O)NC(CC(=O)O)C(=O)NC(CCC(=O)O)C(=O)NC(CC(=O)O)C(=O)O. The van der Waals surface area contributed by atoms with Gasteiger partial charge in [0.15, 0.2) is 0 Å². The summed E-state index contributed by atoms with van der Waals surface area (Å²) in [6.07, 6.45) is -1.06. The number of aliphatic carboxylic acids is 4. The lowest BCUT2D eigenvalue weighted by Gasteiger charge is -2.24. The van der Waals surface area contributed by atoms with E-state index >= 15 is 0 Å². The Hall–Kier alpha value is -3.40. The van der Waals surface area contributed by atoms with Crippen LogP contribution >= 0.6 is 11.8 Å². The molecule has 0 saturated carbocycles. The van der Waals surface area contributed by atoms with E-state index in [-0.39, 0.29) is 6.42 Å². The molecule has 0 aromatic rings. The van der Waals surface area contributed by atoms with Gasteiger partial charge >= 0.3 is 23.9 Å². The first kappa shape index (κ1) is 30.6. The van der Waals surface area contributed by atoms with Gasteiger partial charge in [-0.2, -0.15) is 11.8 Å². The number of thioether (sulfide) groups is 1. The van der Waals surface area contributed by atoms with Crippen molar-refractivity contribution in [3.05, 3.63) is 0 Å². The largest absolute Gasteiger partial charge is 0.481 e. The van der Waals surface area contributed by atoms with Gasteiger partial charge in [0, 0.05) is 6.42 Å². The second kappa shape index (κ2) is 15.4. The molecule has 9 N–H and O–H groups in total. The third kappa shape index (κ3) is 12.6. The van der Waals surface area contributed by atoms with Gasteiger partial charge in [-0.3, -0.25) is 28.8 Å². The molecule has 0 spiro atoms. The maximum atomic E-state index is 12.6. The van der Waals surface area contributed by atoms with Crippen LogP contribution in [0, 0.1) is 0 Å². The zero-order valence-electron chi connectivity index (χ0n) is 18.2. The fraction of sp³-hybridized carbons (Fsp3) is 0.611. The van der Waals surface area contributed by atoms with Gasteiger partial charge in [-0.15, -0.1) is 0 Å². The van der Waals surface area contributed by atoms with Gasteiger partial charge in [-0.1, -0.05) is 0 Å². The standard InChI is InChI=1S/C18H28N4O11S/c1-34-5-4-8(19)15(29)21-10(6-13(25)26)17(31)20-9(2-3-12(23)24)16(30)22-11(18(32)33)7-14(27)28/h8-11H,2-7,19H2,1H3,(H,20,31)(H,21,29)(H,22,30)(H,23,24)(H,25,26)(H,27,28)(H,32,33). The summed E-state index contributed by atoms with van der Waals surface area (Å²) in [7, 11) is 0. The van der Waals surface area contributed by atoms with Crippen LogP contribution < -0.4 is 21.7 Å². The van der Waals surface area contributed by atoms with Crippen molar-refractivity contribution in [3.8, 4) is 0 Å². The maximum Gasteiger partial charge on any atom is 0.326 e. The molecule has 0 radical (unpaired) electrons. The van der Waals surface area contributed by atoms with E-state index in [1.807, 2.05) is 5.32 Å². The van der Waals surface area contributed by atoms with Crippen LogP contribution in [0.4, 0.5) is 0 Å². The van der Waals surface area contributed by atoms with Crippen molar-refractivity contribution in [1.82, 2.24) is 16.0 Å². The van der Waals surface area contributed by atoms with Crippen LogP contribution in [0.2, 0.25) is 0 Å². The third-order valence-electron chi connectivity index (χ3n) is 4.25. The number of hydrogen-bond acceptors (Lipinski definition) is 9. The highest BCUT2D eigenvalue weighted by molar-refractivity contribution is 7.98. The van der Waals surface area contributed by atoms with Crippen LogP contribution in [0.25, 0.3) is 0 Å². The van der Waals surface area contributed by atoms with Crippen LogP contribution in [-0.4, -0.2) is 98.2 Å². The molecule has 0 aromatic carbocycles. The Balaban J connectivity index is 5.57. The zero-order valence-corrected chi connectivity index (χ0v) is 19.0. The van der Waals surface area contributed by atoms with E-state index in [0.717, 1.165) is 0 Å². The van der Waals surface area contributed by atoms with Crippen molar-refractivity contribution >= 4 is 53.4 Å². The minimum absolute atomic E-state index is 0.234. The smallest absolute Gasteiger partial charge is 0.326 e. The second-order valence-electron chi connectivity index (χ2n) is 7.04. The van der Waals surface area contributed by atoms with Gasteiger partial charge in [0.1, 0.15) is 18.1 Å². The van der Waals surface area contributed by atoms with E-state index in [9.17, 15) is 33.6 Å². The number of nitrogens with one attached hydrogen (secondary N) is 3. The summed E-state index contributed by atoms with van der Waals surface area (Å²) in [6, 6.07) is -6.27. The number of hydrogen-bond donors (Lipinski definition) is 8. The highest BCUT2D eigenvalue weighted by Gasteiger charge is 2.32. The summed E-state index contributed by atoms with van der Waals surface area (Å²) in [5.41, 5.74) is 5.70. The fourth-order valence-corrected chi connectivity index (χ4v) is 2.98. The molecule has 0 rings (SSSR count). The van der Waals surface area contributed by atoms with Crippen molar-refractivity contribution in [1.29, 1.82) is 0 Å². The Morgan fingerprint density at radius 3 is 1.65 bits per heavy atom. The quantitative estimate of drug-likeness (QED) is 0.100. The monoisotopic (exact) mass is 508 g/mol. The Morgan fingerprint density at radius 2 is 1.18 bits per heavy atom. The topological polar surface area (TPSA) is 263 Å². The van der Waals surface area contributed by atoms with Crippen LogP contribution in [0.1, 0.15) is 32.1 Å². The summed E-state index contributed by atoms with van der Waals surface area (Å²) >= 11 is 1.41. The summed E-state index contributed by atoms with van der Waals surface area (Å²) in [5, 5.41) is 41.9. The fourth-order valence-electron chi connectivity index (χ4n) is 2.49. The lowest BCUT2D eigenvalue weighted by atomic mass is 10.1. The molecule has 0 fully saturated rings. The molecule has 15 nitrogen and oxygen atoms in total. The number of amides is 3. The van der Waals surface area contributed by atoms with Crippen LogP contribution in [0.15, 0.2) is 0 Å². The zero-order chi connectivity index (χ0) is 26.4. The lowest BCUT2D eigenvalue weighted by molar-refractivity contribution is -0.147. The molecular formula is C18H28N4O11S. The van der Waals surface area contributed by atoms with Crippen LogP contribution in [-0.2, 0) is 33.6 Å². The number of carboxylic acids is 4. The predicted molar refractivity (Wildman–Crippen MR) is 116 cm³/mol. The van der Waals surface area contributed by atoms with E-state index in [2.05, 4.69) is 10.6 Å². The van der Waals surface area contributed by atoms with E-state index < -0.39 is 91.4 Å². The van der Waals surface area contributed by atoms with Gasteiger partial charge in [0.05, 0.1) is 18.9 Å². The predicted octanol–water partition coefficient (Wildman–Crippen LogP) is -2.58. The van der Waals surface area contributed by atoms with Crippen molar-refractivity contribution in [2.75, 3.05) is 12.0 Å². The summed E-state index contributed by atoms with van der Waals surface area (Å²) in [5.74, 6) is -8.74. The number of rotatable bonds is 17. The lowest BCUT2D eigenvalue weighted by Crippen LogP contribution is -2.57. The molecule has 4 unspecified atom stereocenters. The molecule has 0 aliphatic heterocycles. The second-order valence-corrected chi connectivity index (χ2v) is 8.02. The van der Waals surface area contributed by atoms with Gasteiger partial charge in [-0.05, 0) is 24.9 Å². The molecule has 34 heavy (non-hydrogen) atoms. The average molecular weight is 509 g/mol. The number of nitrogens with two attached hydrogens (primary N) is 1. The first-order valence-corrected chi connectivity index (χ1v) is 11.2. The van der Waals surface area contributed by atoms with Gasteiger partial charge in [-0.25, -0.2) is 4.79 Å². The molecule has 0 aliphatic rings. The maximum absolute atomic E-state index is 12.6. The third-order valence-corrected chi connectivity index (χ3v) is 4.90. The normalized spacial score (nSPS) is 14.1. The number of carbonyl (C=O) groups excluding carboxylic acids is 3. The Morgan fingerprint density at radius 1 is 0.706 bits per heavy atom. The molecule has 192 valence electrons. The Bertz CT molecular complexity index is 792. The average Bonchev–Trinajstić information content (AvgIpc) is 2.72. The molecule has 0 heterocycles. The summed E-state index contributed by atoms with van der Waals surface area (Å²) in [4.78, 5) is 81.4. The number of carboxylic acid groups (broad SMARTS) is 4. The van der Waals surface area contributed by atoms with Crippen molar-refractivity contribution in [2.24, 2.45) is 5.73 Å². The molecule has 3 amide bonds. The number of carbonyl (C=O) groups is 7. The highest BCUT2D eigenvalue weighted by Crippen LogP contribution is 2.05. The Kier molecular flexibility index (Phi) is 13.9. The molecule has 0 aliphatic carbocycles. The first-order chi connectivity index (χ1) is 15.8. The van der Waals surface area contributed by atoms with E-state index in [4.69, 9.17) is 26.2 Å². The van der Waals surface area contributed by atoms with Gasteiger partial charge in [0.25, 0.3) is 0 Å².